The molecule has 120 valence electrons. The Morgan fingerprint density at radius 2 is 1.87 bits per heavy atom. The van der Waals surface area contributed by atoms with E-state index in [1.54, 1.807) is 4.90 Å². The monoisotopic (exact) mass is 311 g/mol. The number of amides is 1. The second kappa shape index (κ2) is 7.09. The minimum Gasteiger partial charge on any atom is -0.366 e. The molecule has 0 bridgehead atoms. The van der Waals surface area contributed by atoms with Crippen molar-refractivity contribution in [3.05, 3.63) is 47.7 Å². The zero-order valence-electron chi connectivity index (χ0n) is 13.3. The van der Waals surface area contributed by atoms with Crippen LogP contribution in [0.5, 0.6) is 0 Å². The van der Waals surface area contributed by atoms with Crippen LogP contribution >= 0.6 is 0 Å². The number of carbonyl (C=O) groups is 1. The van der Waals surface area contributed by atoms with Crippen molar-refractivity contribution in [2.45, 2.75) is 13.5 Å². The third kappa shape index (κ3) is 3.97. The summed E-state index contributed by atoms with van der Waals surface area (Å²) in [6.07, 6.45) is 0.904. The van der Waals surface area contributed by atoms with Gasteiger partial charge in [-0.25, -0.2) is 4.98 Å². The summed E-state index contributed by atoms with van der Waals surface area (Å²) in [6.45, 7) is 5.66. The molecule has 3 rings (SSSR count). The first-order valence-electron chi connectivity index (χ1n) is 7.82. The summed E-state index contributed by atoms with van der Waals surface area (Å²) in [5.74, 6) is 1.56. The van der Waals surface area contributed by atoms with E-state index in [9.17, 15) is 4.79 Å². The number of anilines is 2. The number of aromatic nitrogens is 2. The van der Waals surface area contributed by atoms with Gasteiger partial charge in [-0.3, -0.25) is 4.79 Å². The summed E-state index contributed by atoms with van der Waals surface area (Å²) in [4.78, 5) is 23.9. The number of aryl methyl sites for hydroxylation is 1. The van der Waals surface area contributed by atoms with Crippen molar-refractivity contribution in [2.24, 2.45) is 0 Å². The smallest absolute Gasteiger partial charge is 0.227 e. The first-order chi connectivity index (χ1) is 11.2. The molecule has 1 saturated heterocycles. The average Bonchev–Trinajstić information content (AvgIpc) is 2.60. The molecule has 6 heteroatoms. The Morgan fingerprint density at radius 3 is 2.57 bits per heavy atom. The van der Waals surface area contributed by atoms with Gasteiger partial charge in [0, 0.05) is 44.5 Å². The van der Waals surface area contributed by atoms with Crippen molar-refractivity contribution >= 4 is 18.2 Å². The highest BCUT2D eigenvalue weighted by molar-refractivity contribution is 5.49. The van der Waals surface area contributed by atoms with Crippen LogP contribution in [0.2, 0.25) is 0 Å². The molecule has 1 aromatic heterocycles. The van der Waals surface area contributed by atoms with E-state index in [1.165, 1.54) is 5.56 Å². The summed E-state index contributed by atoms with van der Waals surface area (Å²) in [5, 5.41) is 3.36. The quantitative estimate of drug-likeness (QED) is 0.851. The van der Waals surface area contributed by atoms with Gasteiger partial charge in [0.25, 0.3) is 0 Å². The largest absolute Gasteiger partial charge is 0.366 e. The van der Waals surface area contributed by atoms with Gasteiger partial charge in [0.2, 0.25) is 12.4 Å². The minimum atomic E-state index is 0.716. The van der Waals surface area contributed by atoms with Crippen molar-refractivity contribution in [2.75, 3.05) is 36.4 Å². The second-order valence-electron chi connectivity index (χ2n) is 5.66. The Morgan fingerprint density at radius 1 is 1.13 bits per heavy atom. The van der Waals surface area contributed by atoms with Gasteiger partial charge in [0.05, 0.1) is 0 Å². The number of carbonyl (C=O) groups excluding carboxylic acids is 1. The number of nitrogens with zero attached hydrogens (tertiary/aromatic N) is 4. The maximum Gasteiger partial charge on any atom is 0.227 e. The first-order valence-corrected chi connectivity index (χ1v) is 7.82. The predicted molar refractivity (Wildman–Crippen MR) is 90.4 cm³/mol. The molecular weight excluding hydrogens is 290 g/mol. The molecule has 2 aromatic rings. The SMILES string of the molecule is Cc1cc(NCc2ccccc2)nc(N2CCN(C=O)CC2)n1. The van der Waals surface area contributed by atoms with E-state index in [1.807, 2.05) is 31.2 Å². The standard InChI is InChI=1S/C17H21N5O/c1-14-11-16(18-12-15-5-3-2-4-6-15)20-17(19-14)22-9-7-21(13-23)8-10-22/h2-6,11,13H,7-10,12H2,1H3,(H,18,19,20). The third-order valence-corrected chi connectivity index (χ3v) is 3.91. The van der Waals surface area contributed by atoms with Crippen LogP contribution in [-0.4, -0.2) is 47.5 Å². The van der Waals surface area contributed by atoms with E-state index in [0.717, 1.165) is 43.5 Å². The van der Waals surface area contributed by atoms with Gasteiger partial charge in [0.1, 0.15) is 5.82 Å². The molecule has 1 aliphatic rings. The van der Waals surface area contributed by atoms with Crippen LogP contribution in [0, 0.1) is 6.92 Å². The van der Waals surface area contributed by atoms with Crippen molar-refractivity contribution in [3.63, 3.8) is 0 Å². The molecule has 6 nitrogen and oxygen atoms in total. The van der Waals surface area contributed by atoms with E-state index >= 15 is 0 Å². The van der Waals surface area contributed by atoms with E-state index in [2.05, 4.69) is 32.3 Å². The maximum absolute atomic E-state index is 10.8. The molecule has 0 aliphatic carbocycles. The van der Waals surface area contributed by atoms with Crippen LogP contribution in [-0.2, 0) is 11.3 Å². The number of rotatable bonds is 5. The number of hydrogen-bond acceptors (Lipinski definition) is 5. The van der Waals surface area contributed by atoms with Crippen LogP contribution < -0.4 is 10.2 Å². The second-order valence-corrected chi connectivity index (χ2v) is 5.66. The number of hydrogen-bond donors (Lipinski definition) is 1. The van der Waals surface area contributed by atoms with Gasteiger partial charge in [0.15, 0.2) is 0 Å². The topological polar surface area (TPSA) is 61.4 Å². The zero-order valence-corrected chi connectivity index (χ0v) is 13.3. The summed E-state index contributed by atoms with van der Waals surface area (Å²) < 4.78 is 0. The first kappa shape index (κ1) is 15.3. The highest BCUT2D eigenvalue weighted by atomic mass is 16.1. The van der Waals surface area contributed by atoms with Gasteiger partial charge in [-0.2, -0.15) is 4.98 Å². The molecule has 1 aromatic carbocycles. The van der Waals surface area contributed by atoms with Crippen LogP contribution in [0.25, 0.3) is 0 Å². The molecule has 0 spiro atoms. The van der Waals surface area contributed by atoms with Crippen LogP contribution in [0.1, 0.15) is 11.3 Å². The Hall–Kier alpha value is -2.63. The number of piperazine rings is 1. The molecular formula is C17H21N5O. The Bertz CT molecular complexity index is 653. The molecule has 0 radical (unpaired) electrons. The van der Waals surface area contributed by atoms with Crippen molar-refractivity contribution in [3.8, 4) is 0 Å². The fourth-order valence-corrected chi connectivity index (χ4v) is 2.60. The number of benzene rings is 1. The lowest BCUT2D eigenvalue weighted by molar-refractivity contribution is -0.118. The Balaban J connectivity index is 1.68. The maximum atomic E-state index is 10.8. The minimum absolute atomic E-state index is 0.716. The highest BCUT2D eigenvalue weighted by Crippen LogP contribution is 2.16. The summed E-state index contributed by atoms with van der Waals surface area (Å²) in [5.41, 5.74) is 2.15. The molecule has 2 heterocycles. The van der Waals surface area contributed by atoms with Crippen molar-refractivity contribution in [1.82, 2.24) is 14.9 Å². The summed E-state index contributed by atoms with van der Waals surface area (Å²) >= 11 is 0. The van der Waals surface area contributed by atoms with E-state index in [0.29, 0.717) is 13.1 Å². The lowest BCUT2D eigenvalue weighted by atomic mass is 10.2. The van der Waals surface area contributed by atoms with Crippen LogP contribution in [0.15, 0.2) is 36.4 Å². The zero-order chi connectivity index (χ0) is 16.1. The average molecular weight is 311 g/mol. The fraction of sp³-hybridized carbons (Fsp3) is 0.353. The number of nitrogens with one attached hydrogen (secondary N) is 1. The fourth-order valence-electron chi connectivity index (χ4n) is 2.60. The lowest BCUT2D eigenvalue weighted by Crippen LogP contribution is -2.46. The molecule has 1 amide bonds. The van der Waals surface area contributed by atoms with E-state index < -0.39 is 0 Å². The van der Waals surface area contributed by atoms with Gasteiger partial charge >= 0.3 is 0 Å². The molecule has 0 unspecified atom stereocenters. The molecule has 0 saturated carbocycles. The van der Waals surface area contributed by atoms with Crippen LogP contribution in [0.4, 0.5) is 11.8 Å². The van der Waals surface area contributed by atoms with Gasteiger partial charge < -0.3 is 15.1 Å². The predicted octanol–water partition coefficient (Wildman–Crippen LogP) is 1.68. The van der Waals surface area contributed by atoms with Gasteiger partial charge in [-0.15, -0.1) is 0 Å². The molecule has 0 atom stereocenters. The molecule has 1 fully saturated rings. The Labute approximate surface area is 136 Å². The van der Waals surface area contributed by atoms with E-state index in [-0.39, 0.29) is 0 Å². The van der Waals surface area contributed by atoms with Gasteiger partial charge in [-0.05, 0) is 12.5 Å². The lowest BCUT2D eigenvalue weighted by Gasteiger charge is -2.32. The molecule has 23 heavy (non-hydrogen) atoms. The highest BCUT2D eigenvalue weighted by Gasteiger charge is 2.18. The van der Waals surface area contributed by atoms with E-state index in [4.69, 9.17) is 0 Å². The molecule has 1 N–H and O–H groups in total. The normalized spacial score (nSPS) is 14.7. The van der Waals surface area contributed by atoms with Crippen molar-refractivity contribution < 1.29 is 4.79 Å². The van der Waals surface area contributed by atoms with Crippen LogP contribution in [0.3, 0.4) is 0 Å². The third-order valence-electron chi connectivity index (χ3n) is 3.91. The summed E-state index contributed by atoms with van der Waals surface area (Å²) in [7, 11) is 0. The molecule has 1 aliphatic heterocycles. The Kier molecular flexibility index (Phi) is 4.71. The van der Waals surface area contributed by atoms with Crippen molar-refractivity contribution in [1.29, 1.82) is 0 Å². The summed E-state index contributed by atoms with van der Waals surface area (Å²) in [6, 6.07) is 12.2. The van der Waals surface area contributed by atoms with Gasteiger partial charge in [-0.1, -0.05) is 30.3 Å².